The summed E-state index contributed by atoms with van der Waals surface area (Å²) in [7, 11) is 0. The molecular weight excluding hydrogens is 234 g/mol. The number of nitrogens with one attached hydrogen (secondary N) is 1. The van der Waals surface area contributed by atoms with Gasteiger partial charge >= 0.3 is 0 Å². The molecule has 0 aliphatic rings. The minimum Gasteiger partial charge on any atom is -0.494 e. The third kappa shape index (κ3) is 4.69. The van der Waals surface area contributed by atoms with Crippen molar-refractivity contribution in [2.24, 2.45) is 0 Å². The van der Waals surface area contributed by atoms with E-state index in [0.29, 0.717) is 6.61 Å². The van der Waals surface area contributed by atoms with Gasteiger partial charge in [-0.3, -0.25) is 4.79 Å². The molecule has 1 aromatic rings. The first-order valence-corrected chi connectivity index (χ1v) is 6.44. The molecule has 0 bridgehead atoms. The van der Waals surface area contributed by atoms with Crippen LogP contribution in [-0.2, 0) is 11.2 Å². The zero-order chi connectivity index (χ0) is 12.7. The Bertz CT molecular complexity index is 380. The Hall–Kier alpha value is -1.16. The lowest BCUT2D eigenvalue weighted by atomic mass is 10.1. The fourth-order valence-electron chi connectivity index (χ4n) is 1.62. The highest BCUT2D eigenvalue weighted by molar-refractivity contribution is 7.80. The fourth-order valence-corrected chi connectivity index (χ4v) is 1.78. The van der Waals surface area contributed by atoms with E-state index in [2.05, 4.69) is 17.9 Å². The molecule has 1 amide bonds. The SMILES string of the molecule is CCOc1ccc(NC(C)=O)cc1CCCS. The summed E-state index contributed by atoms with van der Waals surface area (Å²) >= 11 is 4.21. The molecule has 1 N–H and O–H groups in total. The van der Waals surface area contributed by atoms with Gasteiger partial charge < -0.3 is 10.1 Å². The normalized spacial score (nSPS) is 10.1. The van der Waals surface area contributed by atoms with E-state index in [1.165, 1.54) is 6.92 Å². The summed E-state index contributed by atoms with van der Waals surface area (Å²) in [6.07, 6.45) is 1.90. The molecule has 17 heavy (non-hydrogen) atoms. The van der Waals surface area contributed by atoms with Crippen LogP contribution in [0, 0.1) is 0 Å². The summed E-state index contributed by atoms with van der Waals surface area (Å²) in [4.78, 5) is 11.0. The lowest BCUT2D eigenvalue weighted by molar-refractivity contribution is -0.114. The second-order valence-corrected chi connectivity index (χ2v) is 4.21. The third-order valence-electron chi connectivity index (χ3n) is 2.28. The van der Waals surface area contributed by atoms with Gasteiger partial charge in [-0.15, -0.1) is 0 Å². The van der Waals surface area contributed by atoms with Crippen molar-refractivity contribution in [3.63, 3.8) is 0 Å². The zero-order valence-corrected chi connectivity index (χ0v) is 11.2. The zero-order valence-electron chi connectivity index (χ0n) is 10.3. The molecule has 0 aliphatic heterocycles. The smallest absolute Gasteiger partial charge is 0.221 e. The number of hydrogen-bond donors (Lipinski definition) is 2. The summed E-state index contributed by atoms with van der Waals surface area (Å²) in [5.74, 6) is 1.67. The summed E-state index contributed by atoms with van der Waals surface area (Å²) < 4.78 is 5.56. The number of anilines is 1. The average Bonchev–Trinajstić information content (AvgIpc) is 2.28. The molecule has 0 aliphatic carbocycles. The Balaban J connectivity index is 2.88. The molecule has 0 aromatic heterocycles. The van der Waals surface area contributed by atoms with Crippen LogP contribution < -0.4 is 10.1 Å². The lowest BCUT2D eigenvalue weighted by Gasteiger charge is -2.12. The highest BCUT2D eigenvalue weighted by Gasteiger charge is 2.05. The van der Waals surface area contributed by atoms with E-state index >= 15 is 0 Å². The van der Waals surface area contributed by atoms with Crippen LogP contribution >= 0.6 is 12.6 Å². The van der Waals surface area contributed by atoms with Crippen molar-refractivity contribution in [1.82, 2.24) is 0 Å². The summed E-state index contributed by atoms with van der Waals surface area (Å²) in [6, 6.07) is 5.73. The van der Waals surface area contributed by atoms with E-state index < -0.39 is 0 Å². The quantitative estimate of drug-likeness (QED) is 0.765. The number of ether oxygens (including phenoxy) is 1. The summed E-state index contributed by atoms with van der Waals surface area (Å²) in [6.45, 7) is 4.11. The number of benzene rings is 1. The van der Waals surface area contributed by atoms with Crippen molar-refractivity contribution in [2.75, 3.05) is 17.7 Å². The number of hydrogen-bond acceptors (Lipinski definition) is 3. The third-order valence-corrected chi connectivity index (χ3v) is 2.60. The molecule has 0 atom stereocenters. The molecule has 94 valence electrons. The predicted octanol–water partition coefficient (Wildman–Crippen LogP) is 2.91. The van der Waals surface area contributed by atoms with E-state index in [4.69, 9.17) is 4.74 Å². The summed E-state index contributed by atoms with van der Waals surface area (Å²) in [5, 5.41) is 2.78. The largest absolute Gasteiger partial charge is 0.494 e. The fraction of sp³-hybridized carbons (Fsp3) is 0.462. The monoisotopic (exact) mass is 253 g/mol. The van der Waals surface area contributed by atoms with Crippen molar-refractivity contribution in [3.8, 4) is 5.75 Å². The Morgan fingerprint density at radius 1 is 1.47 bits per heavy atom. The van der Waals surface area contributed by atoms with Crippen LogP contribution in [0.5, 0.6) is 5.75 Å². The van der Waals surface area contributed by atoms with E-state index in [0.717, 1.165) is 35.6 Å². The van der Waals surface area contributed by atoms with Crippen molar-refractivity contribution < 1.29 is 9.53 Å². The van der Waals surface area contributed by atoms with Gasteiger partial charge in [-0.1, -0.05) is 0 Å². The maximum atomic E-state index is 11.0. The molecule has 3 nitrogen and oxygen atoms in total. The van der Waals surface area contributed by atoms with Crippen LogP contribution in [0.25, 0.3) is 0 Å². The van der Waals surface area contributed by atoms with Crippen LogP contribution in [0.3, 0.4) is 0 Å². The van der Waals surface area contributed by atoms with Crippen LogP contribution in [0.1, 0.15) is 25.8 Å². The second-order valence-electron chi connectivity index (χ2n) is 3.76. The van der Waals surface area contributed by atoms with Crippen molar-refractivity contribution in [1.29, 1.82) is 0 Å². The molecule has 0 radical (unpaired) electrons. The van der Waals surface area contributed by atoms with Crippen LogP contribution in [-0.4, -0.2) is 18.3 Å². The van der Waals surface area contributed by atoms with Gasteiger partial charge in [0.05, 0.1) is 6.61 Å². The first-order chi connectivity index (χ1) is 8.17. The van der Waals surface area contributed by atoms with E-state index in [1.807, 2.05) is 25.1 Å². The van der Waals surface area contributed by atoms with Crippen LogP contribution in [0.4, 0.5) is 5.69 Å². The van der Waals surface area contributed by atoms with E-state index in [-0.39, 0.29) is 5.91 Å². The van der Waals surface area contributed by atoms with Gasteiger partial charge in [0.2, 0.25) is 5.91 Å². The highest BCUT2D eigenvalue weighted by Crippen LogP contribution is 2.24. The molecule has 1 rings (SSSR count). The van der Waals surface area contributed by atoms with E-state index in [1.54, 1.807) is 0 Å². The van der Waals surface area contributed by atoms with Gasteiger partial charge in [-0.05, 0) is 49.3 Å². The molecule has 0 saturated heterocycles. The topological polar surface area (TPSA) is 38.3 Å². The Morgan fingerprint density at radius 3 is 2.82 bits per heavy atom. The highest BCUT2D eigenvalue weighted by atomic mass is 32.1. The summed E-state index contributed by atoms with van der Waals surface area (Å²) in [5.41, 5.74) is 1.93. The van der Waals surface area contributed by atoms with Crippen molar-refractivity contribution in [2.45, 2.75) is 26.7 Å². The Kier molecular flexibility index (Phi) is 5.91. The number of rotatable bonds is 6. The average molecular weight is 253 g/mol. The van der Waals surface area contributed by atoms with Crippen LogP contribution in [0.15, 0.2) is 18.2 Å². The molecule has 0 spiro atoms. The lowest BCUT2D eigenvalue weighted by Crippen LogP contribution is -2.06. The molecule has 0 heterocycles. The Morgan fingerprint density at radius 2 is 2.24 bits per heavy atom. The maximum absolute atomic E-state index is 11.0. The minimum atomic E-state index is -0.0608. The standard InChI is InChI=1S/C13H19NO2S/c1-3-16-13-7-6-12(14-10(2)15)9-11(13)5-4-8-17/h6-7,9,17H,3-5,8H2,1-2H3,(H,14,15). The Labute approximate surface area is 108 Å². The maximum Gasteiger partial charge on any atom is 0.221 e. The molecular formula is C13H19NO2S. The van der Waals surface area contributed by atoms with Gasteiger partial charge in [-0.25, -0.2) is 0 Å². The molecule has 0 saturated carbocycles. The first-order valence-electron chi connectivity index (χ1n) is 5.81. The number of thiol groups is 1. The first kappa shape index (κ1) is 13.9. The van der Waals surface area contributed by atoms with Gasteiger partial charge in [0.25, 0.3) is 0 Å². The van der Waals surface area contributed by atoms with Gasteiger partial charge in [-0.2, -0.15) is 12.6 Å². The molecule has 1 aromatic carbocycles. The number of amides is 1. The van der Waals surface area contributed by atoms with Crippen molar-refractivity contribution in [3.05, 3.63) is 23.8 Å². The molecule has 0 unspecified atom stereocenters. The molecule has 4 heteroatoms. The van der Waals surface area contributed by atoms with Gasteiger partial charge in [0.1, 0.15) is 5.75 Å². The van der Waals surface area contributed by atoms with Gasteiger partial charge in [0, 0.05) is 12.6 Å². The predicted molar refractivity (Wildman–Crippen MR) is 74.1 cm³/mol. The number of carbonyl (C=O) groups is 1. The number of carbonyl (C=O) groups excluding carboxylic acids is 1. The molecule has 0 fully saturated rings. The minimum absolute atomic E-state index is 0.0608. The van der Waals surface area contributed by atoms with E-state index in [9.17, 15) is 4.79 Å². The van der Waals surface area contributed by atoms with Crippen LogP contribution in [0.2, 0.25) is 0 Å². The second kappa shape index (κ2) is 7.22. The van der Waals surface area contributed by atoms with Crippen molar-refractivity contribution >= 4 is 24.2 Å². The number of aryl methyl sites for hydroxylation is 1. The van der Waals surface area contributed by atoms with Gasteiger partial charge in [0.15, 0.2) is 0 Å².